The summed E-state index contributed by atoms with van der Waals surface area (Å²) in [5, 5.41) is 3.38. The standard InChI is InChI=1S/C10H17N3/c1-4-12-9(3)8(2)10-7-11-5-6-13-10/h5-9,12H,4H2,1-3H3. The number of nitrogens with zero attached hydrogens (tertiary/aromatic N) is 2. The first kappa shape index (κ1) is 10.1. The van der Waals surface area contributed by atoms with E-state index in [9.17, 15) is 0 Å². The van der Waals surface area contributed by atoms with Gasteiger partial charge in [0.1, 0.15) is 0 Å². The van der Waals surface area contributed by atoms with Crippen molar-refractivity contribution < 1.29 is 0 Å². The number of hydrogen-bond donors (Lipinski definition) is 1. The third kappa shape index (κ3) is 2.77. The van der Waals surface area contributed by atoms with E-state index in [-0.39, 0.29) is 0 Å². The van der Waals surface area contributed by atoms with E-state index in [1.165, 1.54) is 0 Å². The van der Waals surface area contributed by atoms with Crippen molar-refractivity contribution in [2.24, 2.45) is 0 Å². The van der Waals surface area contributed by atoms with Crippen molar-refractivity contribution in [1.82, 2.24) is 15.3 Å². The minimum Gasteiger partial charge on any atom is -0.314 e. The second kappa shape index (κ2) is 4.92. The minimum atomic E-state index is 0.411. The van der Waals surface area contributed by atoms with Crippen LogP contribution in [0.2, 0.25) is 0 Å². The second-order valence-electron chi connectivity index (χ2n) is 3.27. The van der Waals surface area contributed by atoms with Gasteiger partial charge in [0.2, 0.25) is 0 Å². The van der Waals surface area contributed by atoms with Gasteiger partial charge in [0.15, 0.2) is 0 Å². The predicted octanol–water partition coefficient (Wildman–Crippen LogP) is 1.58. The fraction of sp³-hybridized carbons (Fsp3) is 0.600. The zero-order valence-corrected chi connectivity index (χ0v) is 8.49. The summed E-state index contributed by atoms with van der Waals surface area (Å²) in [6, 6.07) is 0.446. The highest BCUT2D eigenvalue weighted by Gasteiger charge is 2.13. The number of hydrogen-bond acceptors (Lipinski definition) is 3. The van der Waals surface area contributed by atoms with E-state index >= 15 is 0 Å². The summed E-state index contributed by atoms with van der Waals surface area (Å²) in [7, 11) is 0. The van der Waals surface area contributed by atoms with Crippen LogP contribution in [0.4, 0.5) is 0 Å². The Hall–Kier alpha value is -0.960. The summed E-state index contributed by atoms with van der Waals surface area (Å²) < 4.78 is 0. The Bertz CT molecular complexity index is 235. The van der Waals surface area contributed by atoms with Gasteiger partial charge < -0.3 is 5.32 Å². The molecule has 0 saturated heterocycles. The quantitative estimate of drug-likeness (QED) is 0.762. The highest BCUT2D eigenvalue weighted by molar-refractivity contribution is 5.04. The lowest BCUT2D eigenvalue weighted by Crippen LogP contribution is -2.31. The first-order valence-corrected chi connectivity index (χ1v) is 4.75. The van der Waals surface area contributed by atoms with Gasteiger partial charge in [-0.2, -0.15) is 0 Å². The lowest BCUT2D eigenvalue weighted by atomic mass is 10.0. The van der Waals surface area contributed by atoms with E-state index in [4.69, 9.17) is 0 Å². The zero-order chi connectivity index (χ0) is 9.68. The van der Waals surface area contributed by atoms with Gasteiger partial charge in [0.25, 0.3) is 0 Å². The van der Waals surface area contributed by atoms with Crippen LogP contribution >= 0.6 is 0 Å². The van der Waals surface area contributed by atoms with Crippen LogP contribution in [0.1, 0.15) is 32.4 Å². The van der Waals surface area contributed by atoms with Gasteiger partial charge in [-0.3, -0.25) is 9.97 Å². The lowest BCUT2D eigenvalue weighted by Gasteiger charge is -2.19. The molecule has 2 atom stereocenters. The number of nitrogens with one attached hydrogen (secondary N) is 1. The minimum absolute atomic E-state index is 0.411. The Morgan fingerprint density at radius 3 is 2.69 bits per heavy atom. The molecule has 3 heteroatoms. The monoisotopic (exact) mass is 179 g/mol. The van der Waals surface area contributed by atoms with Gasteiger partial charge in [-0.05, 0) is 13.5 Å². The van der Waals surface area contributed by atoms with E-state index in [0.29, 0.717) is 12.0 Å². The SMILES string of the molecule is CCNC(C)C(C)c1cnccn1. The first-order chi connectivity index (χ1) is 6.25. The zero-order valence-electron chi connectivity index (χ0n) is 8.49. The summed E-state index contributed by atoms with van der Waals surface area (Å²) in [5.74, 6) is 0.411. The van der Waals surface area contributed by atoms with E-state index in [1.807, 2.05) is 6.20 Å². The van der Waals surface area contributed by atoms with E-state index in [0.717, 1.165) is 12.2 Å². The van der Waals surface area contributed by atoms with Crippen LogP contribution in [0.15, 0.2) is 18.6 Å². The van der Waals surface area contributed by atoms with Crippen LogP contribution in [0.25, 0.3) is 0 Å². The van der Waals surface area contributed by atoms with Crippen LogP contribution in [-0.4, -0.2) is 22.6 Å². The van der Waals surface area contributed by atoms with Crippen molar-refractivity contribution in [3.05, 3.63) is 24.3 Å². The van der Waals surface area contributed by atoms with Crippen LogP contribution in [0.5, 0.6) is 0 Å². The number of likely N-dealkylation sites (N-methyl/N-ethyl adjacent to an activating group) is 1. The van der Waals surface area contributed by atoms with Gasteiger partial charge in [0, 0.05) is 30.6 Å². The third-order valence-electron chi connectivity index (χ3n) is 2.33. The molecule has 1 N–H and O–H groups in total. The molecule has 0 radical (unpaired) electrons. The van der Waals surface area contributed by atoms with Crippen molar-refractivity contribution in [2.75, 3.05) is 6.54 Å². The Labute approximate surface area is 79.6 Å². The van der Waals surface area contributed by atoms with Crippen molar-refractivity contribution in [2.45, 2.75) is 32.7 Å². The average molecular weight is 179 g/mol. The Balaban J connectivity index is 2.62. The molecule has 0 aliphatic heterocycles. The third-order valence-corrected chi connectivity index (χ3v) is 2.33. The molecule has 1 heterocycles. The highest BCUT2D eigenvalue weighted by atomic mass is 14.9. The van der Waals surface area contributed by atoms with E-state index in [2.05, 4.69) is 36.1 Å². The van der Waals surface area contributed by atoms with E-state index in [1.54, 1.807) is 12.4 Å². The van der Waals surface area contributed by atoms with Crippen molar-refractivity contribution in [3.63, 3.8) is 0 Å². The molecule has 0 amide bonds. The molecule has 3 nitrogen and oxygen atoms in total. The van der Waals surface area contributed by atoms with Crippen LogP contribution in [-0.2, 0) is 0 Å². The first-order valence-electron chi connectivity index (χ1n) is 4.75. The molecule has 2 unspecified atom stereocenters. The van der Waals surface area contributed by atoms with Crippen LogP contribution in [0.3, 0.4) is 0 Å². The largest absolute Gasteiger partial charge is 0.314 e. The number of aromatic nitrogens is 2. The maximum atomic E-state index is 4.28. The van der Waals surface area contributed by atoms with Crippen LogP contribution < -0.4 is 5.32 Å². The summed E-state index contributed by atoms with van der Waals surface area (Å²) in [5.41, 5.74) is 1.05. The second-order valence-corrected chi connectivity index (χ2v) is 3.27. The van der Waals surface area contributed by atoms with Gasteiger partial charge in [0.05, 0.1) is 5.69 Å². The van der Waals surface area contributed by atoms with Crippen molar-refractivity contribution in [3.8, 4) is 0 Å². The topological polar surface area (TPSA) is 37.8 Å². The molecule has 13 heavy (non-hydrogen) atoms. The van der Waals surface area contributed by atoms with Gasteiger partial charge >= 0.3 is 0 Å². The highest BCUT2D eigenvalue weighted by Crippen LogP contribution is 2.14. The molecule has 72 valence electrons. The summed E-state index contributed by atoms with van der Waals surface area (Å²) in [6.45, 7) is 7.44. The molecule has 0 aliphatic rings. The average Bonchev–Trinajstić information content (AvgIpc) is 2.18. The molecular formula is C10H17N3. The maximum Gasteiger partial charge on any atom is 0.0630 e. The Kier molecular flexibility index (Phi) is 3.83. The maximum absolute atomic E-state index is 4.28. The molecule has 0 saturated carbocycles. The smallest absolute Gasteiger partial charge is 0.0630 e. The summed E-state index contributed by atoms with van der Waals surface area (Å²) >= 11 is 0. The Morgan fingerprint density at radius 2 is 2.15 bits per heavy atom. The molecule has 1 aromatic rings. The lowest BCUT2D eigenvalue weighted by molar-refractivity contribution is 0.486. The molecule has 0 spiro atoms. The van der Waals surface area contributed by atoms with Crippen LogP contribution in [0, 0.1) is 0 Å². The summed E-state index contributed by atoms with van der Waals surface area (Å²) in [4.78, 5) is 8.34. The van der Waals surface area contributed by atoms with Gasteiger partial charge in [-0.15, -0.1) is 0 Å². The molecule has 1 aromatic heterocycles. The van der Waals surface area contributed by atoms with E-state index < -0.39 is 0 Å². The predicted molar refractivity (Wildman–Crippen MR) is 53.6 cm³/mol. The molecule has 1 rings (SSSR count). The molecule has 0 bridgehead atoms. The fourth-order valence-electron chi connectivity index (χ4n) is 1.30. The summed E-state index contributed by atoms with van der Waals surface area (Å²) in [6.07, 6.45) is 5.27. The van der Waals surface area contributed by atoms with Crippen molar-refractivity contribution in [1.29, 1.82) is 0 Å². The molecule has 0 aromatic carbocycles. The number of rotatable bonds is 4. The molecular weight excluding hydrogens is 162 g/mol. The molecule has 0 fully saturated rings. The fourth-order valence-corrected chi connectivity index (χ4v) is 1.30. The van der Waals surface area contributed by atoms with Gasteiger partial charge in [-0.1, -0.05) is 13.8 Å². The van der Waals surface area contributed by atoms with Gasteiger partial charge in [-0.25, -0.2) is 0 Å². The Morgan fingerprint density at radius 1 is 1.38 bits per heavy atom. The molecule has 0 aliphatic carbocycles. The van der Waals surface area contributed by atoms with Crippen molar-refractivity contribution >= 4 is 0 Å². The normalized spacial score (nSPS) is 15.3.